The molecule has 0 radical (unpaired) electrons. The van der Waals surface area contributed by atoms with Crippen molar-refractivity contribution in [2.45, 2.75) is 45.1 Å². The average molecular weight is 415 g/mol. The molecular formula is C22H30N4O4. The van der Waals surface area contributed by atoms with E-state index in [1.54, 1.807) is 33.3 Å². The van der Waals surface area contributed by atoms with Crippen LogP contribution in [0.15, 0.2) is 30.7 Å². The number of carbonyl (C=O) groups is 2. The molecule has 0 spiro atoms. The van der Waals surface area contributed by atoms with Crippen LogP contribution in [-0.4, -0.2) is 69.2 Å². The molecule has 0 aromatic carbocycles. The summed E-state index contributed by atoms with van der Waals surface area (Å²) in [6, 6.07) is 3.85. The van der Waals surface area contributed by atoms with Crippen molar-refractivity contribution in [1.82, 2.24) is 14.9 Å². The first kappa shape index (κ1) is 22.0. The van der Waals surface area contributed by atoms with Crippen molar-refractivity contribution >= 4 is 28.5 Å². The Morgan fingerprint density at radius 3 is 2.57 bits per heavy atom. The Morgan fingerprint density at radius 2 is 1.90 bits per heavy atom. The average Bonchev–Trinajstić information content (AvgIpc) is 2.66. The summed E-state index contributed by atoms with van der Waals surface area (Å²) in [5.41, 5.74) is 0.353. The molecule has 0 saturated carbocycles. The molecule has 162 valence electrons. The van der Waals surface area contributed by atoms with Crippen LogP contribution < -0.4 is 4.90 Å². The van der Waals surface area contributed by atoms with Crippen LogP contribution in [0.1, 0.15) is 39.5 Å². The molecule has 8 nitrogen and oxygen atoms in total. The molecule has 30 heavy (non-hydrogen) atoms. The molecule has 1 fully saturated rings. The van der Waals surface area contributed by atoms with E-state index in [-0.39, 0.29) is 25.3 Å². The topological polar surface area (TPSA) is 107 Å². The molecule has 0 aliphatic carbocycles. The van der Waals surface area contributed by atoms with E-state index in [9.17, 15) is 14.7 Å². The van der Waals surface area contributed by atoms with Crippen LogP contribution in [0.2, 0.25) is 0 Å². The number of anilines is 1. The number of fused-ring (bicyclic) bond motifs is 1. The maximum absolute atomic E-state index is 12.6. The Bertz CT molecular complexity index is 917. The maximum Gasteiger partial charge on any atom is 0.303 e. The van der Waals surface area contributed by atoms with Crippen LogP contribution >= 0.6 is 0 Å². The zero-order valence-electron chi connectivity index (χ0n) is 17.8. The molecule has 1 saturated heterocycles. The van der Waals surface area contributed by atoms with E-state index in [0.29, 0.717) is 25.9 Å². The lowest BCUT2D eigenvalue weighted by atomic mass is 9.84. The molecule has 2 aromatic heterocycles. The molecule has 1 amide bonds. The normalized spacial score (nSPS) is 16.5. The van der Waals surface area contributed by atoms with E-state index in [0.717, 1.165) is 16.6 Å². The molecule has 3 heterocycles. The molecule has 1 aliphatic rings. The minimum atomic E-state index is -0.959. The van der Waals surface area contributed by atoms with Gasteiger partial charge in [-0.25, -0.2) is 0 Å². The van der Waals surface area contributed by atoms with Gasteiger partial charge in [-0.3, -0.25) is 19.6 Å². The minimum absolute atomic E-state index is 0.0689. The highest BCUT2D eigenvalue weighted by Crippen LogP contribution is 2.31. The van der Waals surface area contributed by atoms with Crippen molar-refractivity contribution in [3.8, 4) is 0 Å². The zero-order chi connectivity index (χ0) is 21.9. The van der Waals surface area contributed by atoms with E-state index < -0.39 is 17.0 Å². The van der Waals surface area contributed by atoms with Crippen molar-refractivity contribution < 1.29 is 19.8 Å². The van der Waals surface area contributed by atoms with Crippen LogP contribution in [0.4, 0.5) is 5.69 Å². The number of aliphatic hydroxyl groups is 1. The smallest absolute Gasteiger partial charge is 0.303 e. The van der Waals surface area contributed by atoms with Gasteiger partial charge in [-0.2, -0.15) is 0 Å². The molecule has 0 unspecified atom stereocenters. The Labute approximate surface area is 176 Å². The molecule has 2 aromatic rings. The SMILES string of the molecule is CN(CC1(O)CCN(c2ccnc3ccncc23)CC1)C(=O)CC(C)(C)CC(=O)O. The molecule has 0 bridgehead atoms. The summed E-state index contributed by atoms with van der Waals surface area (Å²) in [7, 11) is 1.67. The third kappa shape index (κ3) is 5.24. The van der Waals surface area contributed by atoms with Gasteiger partial charge >= 0.3 is 5.97 Å². The summed E-state index contributed by atoms with van der Waals surface area (Å²) in [5.74, 6) is -1.07. The summed E-state index contributed by atoms with van der Waals surface area (Å²) in [4.78, 5) is 35.9. The second kappa shape index (κ2) is 8.55. The number of nitrogens with zero attached hydrogens (tertiary/aromatic N) is 4. The van der Waals surface area contributed by atoms with E-state index in [2.05, 4.69) is 14.9 Å². The van der Waals surface area contributed by atoms with Gasteiger partial charge in [0.2, 0.25) is 5.91 Å². The van der Waals surface area contributed by atoms with Crippen LogP contribution in [0.3, 0.4) is 0 Å². The minimum Gasteiger partial charge on any atom is -0.481 e. The number of carboxylic acids is 1. The number of amides is 1. The first-order chi connectivity index (χ1) is 14.1. The summed E-state index contributed by atoms with van der Waals surface area (Å²) in [6.07, 6.45) is 6.45. The van der Waals surface area contributed by atoms with Gasteiger partial charge < -0.3 is 20.0 Å². The zero-order valence-corrected chi connectivity index (χ0v) is 17.8. The number of aromatic nitrogens is 2. The second-order valence-corrected chi connectivity index (χ2v) is 9.10. The third-order valence-corrected chi connectivity index (χ3v) is 5.77. The van der Waals surface area contributed by atoms with E-state index in [1.807, 2.05) is 18.3 Å². The predicted molar refractivity (Wildman–Crippen MR) is 114 cm³/mol. The van der Waals surface area contributed by atoms with Crippen LogP contribution in [0, 0.1) is 5.41 Å². The Hall–Kier alpha value is -2.74. The lowest BCUT2D eigenvalue weighted by molar-refractivity contribution is -0.141. The highest BCUT2D eigenvalue weighted by molar-refractivity contribution is 5.90. The molecule has 3 rings (SSSR count). The lowest BCUT2D eigenvalue weighted by Gasteiger charge is -2.41. The standard InChI is InChI=1S/C22H30N4O4/c1-21(2,13-20(28)29)12-19(27)25(3)15-22(30)6-10-26(11-7-22)18-5-9-24-17-4-8-23-14-16(17)18/h4-5,8-9,14,30H,6-7,10-13,15H2,1-3H3,(H,28,29). The van der Waals surface area contributed by atoms with Gasteiger partial charge in [0.15, 0.2) is 0 Å². The largest absolute Gasteiger partial charge is 0.481 e. The fraction of sp³-hybridized carbons (Fsp3) is 0.545. The van der Waals surface area contributed by atoms with Gasteiger partial charge in [0.25, 0.3) is 0 Å². The lowest BCUT2D eigenvalue weighted by Crippen LogP contribution is -2.51. The number of hydrogen-bond donors (Lipinski definition) is 2. The highest BCUT2D eigenvalue weighted by atomic mass is 16.4. The fourth-order valence-corrected chi connectivity index (χ4v) is 4.12. The van der Waals surface area contributed by atoms with Crippen molar-refractivity contribution in [3.63, 3.8) is 0 Å². The van der Waals surface area contributed by atoms with Gasteiger partial charge in [-0.1, -0.05) is 13.8 Å². The van der Waals surface area contributed by atoms with Crippen molar-refractivity contribution in [3.05, 3.63) is 30.7 Å². The molecule has 2 N–H and O–H groups in total. The summed E-state index contributed by atoms with van der Waals surface area (Å²) in [5, 5.41) is 21.1. The van der Waals surface area contributed by atoms with E-state index >= 15 is 0 Å². The van der Waals surface area contributed by atoms with Gasteiger partial charge in [0.1, 0.15) is 0 Å². The Morgan fingerprint density at radius 1 is 1.20 bits per heavy atom. The van der Waals surface area contributed by atoms with Crippen molar-refractivity contribution in [2.24, 2.45) is 5.41 Å². The number of rotatable bonds is 7. The van der Waals surface area contributed by atoms with Crippen molar-refractivity contribution in [2.75, 3.05) is 31.6 Å². The fourth-order valence-electron chi connectivity index (χ4n) is 4.12. The van der Waals surface area contributed by atoms with Gasteiger partial charge in [0, 0.05) is 62.8 Å². The van der Waals surface area contributed by atoms with Gasteiger partial charge in [-0.05, 0) is 30.4 Å². The van der Waals surface area contributed by atoms with Crippen LogP contribution in [0.25, 0.3) is 10.9 Å². The molecular weight excluding hydrogens is 384 g/mol. The van der Waals surface area contributed by atoms with Crippen LogP contribution in [0.5, 0.6) is 0 Å². The molecule has 0 atom stereocenters. The highest BCUT2D eigenvalue weighted by Gasteiger charge is 2.36. The molecule has 1 aliphatic heterocycles. The number of piperidine rings is 1. The summed E-state index contributed by atoms with van der Waals surface area (Å²) >= 11 is 0. The summed E-state index contributed by atoms with van der Waals surface area (Å²) < 4.78 is 0. The third-order valence-electron chi connectivity index (χ3n) is 5.77. The first-order valence-corrected chi connectivity index (χ1v) is 10.2. The number of likely N-dealkylation sites (N-methyl/N-ethyl adjacent to an activating group) is 1. The van der Waals surface area contributed by atoms with Crippen molar-refractivity contribution in [1.29, 1.82) is 0 Å². The van der Waals surface area contributed by atoms with Gasteiger partial charge in [0.05, 0.1) is 17.5 Å². The number of hydrogen-bond acceptors (Lipinski definition) is 6. The number of carboxylic acid groups (broad SMARTS) is 1. The predicted octanol–water partition coefficient (Wildman–Crippen LogP) is 2.31. The second-order valence-electron chi connectivity index (χ2n) is 9.10. The maximum atomic E-state index is 12.6. The number of pyridine rings is 2. The Kier molecular flexibility index (Phi) is 6.26. The number of carbonyl (C=O) groups excluding carboxylic acids is 1. The molecule has 8 heteroatoms. The van der Waals surface area contributed by atoms with E-state index in [4.69, 9.17) is 5.11 Å². The van der Waals surface area contributed by atoms with E-state index in [1.165, 1.54) is 4.90 Å². The monoisotopic (exact) mass is 414 g/mol. The van der Waals surface area contributed by atoms with Gasteiger partial charge in [-0.15, -0.1) is 0 Å². The Balaban J connectivity index is 1.60. The first-order valence-electron chi connectivity index (χ1n) is 10.2. The summed E-state index contributed by atoms with van der Waals surface area (Å²) in [6.45, 7) is 5.11. The number of aliphatic carboxylic acids is 1. The quantitative estimate of drug-likeness (QED) is 0.716. The van der Waals surface area contributed by atoms with Crippen LogP contribution in [-0.2, 0) is 9.59 Å².